The lowest BCUT2D eigenvalue weighted by atomic mass is 9.71. The van der Waals surface area contributed by atoms with Crippen LogP contribution >= 0.6 is 0 Å². The number of hydrogen-bond acceptors (Lipinski definition) is 3. The summed E-state index contributed by atoms with van der Waals surface area (Å²) in [6.45, 7) is 1.87. The van der Waals surface area contributed by atoms with Crippen LogP contribution in [0.2, 0.25) is 0 Å². The first-order chi connectivity index (χ1) is 8.65. The van der Waals surface area contributed by atoms with E-state index in [-0.39, 0.29) is 10.6 Å². The SMILES string of the molecule is Cc1ccc(NC2CC3CC=CC32)c([N+](=O)[O-])c1. The molecule has 4 heteroatoms. The number of anilines is 1. The summed E-state index contributed by atoms with van der Waals surface area (Å²) in [7, 11) is 0. The van der Waals surface area contributed by atoms with Crippen LogP contribution in [0, 0.1) is 28.9 Å². The topological polar surface area (TPSA) is 55.2 Å². The molecule has 2 aliphatic rings. The Morgan fingerprint density at radius 2 is 2.28 bits per heavy atom. The predicted octanol–water partition coefficient (Wildman–Crippen LogP) is 3.28. The molecule has 4 nitrogen and oxygen atoms in total. The molecule has 94 valence electrons. The molecule has 1 aromatic carbocycles. The van der Waals surface area contributed by atoms with E-state index in [4.69, 9.17) is 0 Å². The van der Waals surface area contributed by atoms with Crippen LogP contribution in [0.15, 0.2) is 30.4 Å². The number of nitrogens with zero attached hydrogens (tertiary/aromatic N) is 1. The van der Waals surface area contributed by atoms with Gasteiger partial charge in [-0.1, -0.05) is 18.2 Å². The van der Waals surface area contributed by atoms with Crippen LogP contribution in [-0.4, -0.2) is 11.0 Å². The number of hydrogen-bond donors (Lipinski definition) is 1. The summed E-state index contributed by atoms with van der Waals surface area (Å²) in [5.74, 6) is 1.32. The summed E-state index contributed by atoms with van der Waals surface area (Å²) >= 11 is 0. The number of fused-ring (bicyclic) bond motifs is 1. The number of benzene rings is 1. The number of allylic oxidation sites excluding steroid dienone is 1. The van der Waals surface area contributed by atoms with Crippen LogP contribution < -0.4 is 5.32 Å². The van der Waals surface area contributed by atoms with E-state index in [1.807, 2.05) is 19.1 Å². The van der Waals surface area contributed by atoms with Crippen LogP contribution in [0.5, 0.6) is 0 Å². The first-order valence-corrected chi connectivity index (χ1v) is 6.33. The molecule has 1 N–H and O–H groups in total. The maximum Gasteiger partial charge on any atom is 0.292 e. The van der Waals surface area contributed by atoms with E-state index in [0.717, 1.165) is 17.9 Å². The highest BCUT2D eigenvalue weighted by atomic mass is 16.6. The van der Waals surface area contributed by atoms with E-state index >= 15 is 0 Å². The highest BCUT2D eigenvalue weighted by molar-refractivity contribution is 5.63. The second kappa shape index (κ2) is 4.12. The first kappa shape index (κ1) is 11.3. The zero-order valence-electron chi connectivity index (χ0n) is 10.3. The third-order valence-corrected chi connectivity index (χ3v) is 4.05. The summed E-state index contributed by atoms with van der Waals surface area (Å²) in [6.07, 6.45) is 6.74. The van der Waals surface area contributed by atoms with Crippen molar-refractivity contribution in [2.45, 2.75) is 25.8 Å². The Kier molecular flexibility index (Phi) is 2.58. The molecule has 3 rings (SSSR count). The Hall–Kier alpha value is -1.84. The second-order valence-corrected chi connectivity index (χ2v) is 5.27. The molecular formula is C14H16N2O2. The lowest BCUT2D eigenvalue weighted by Crippen LogP contribution is -2.43. The molecule has 0 spiro atoms. The fraction of sp³-hybridized carbons (Fsp3) is 0.429. The molecule has 1 saturated carbocycles. The van der Waals surface area contributed by atoms with Gasteiger partial charge < -0.3 is 5.32 Å². The smallest absolute Gasteiger partial charge is 0.292 e. The summed E-state index contributed by atoms with van der Waals surface area (Å²) < 4.78 is 0. The van der Waals surface area contributed by atoms with Gasteiger partial charge in [0.1, 0.15) is 5.69 Å². The van der Waals surface area contributed by atoms with Gasteiger partial charge in [0.2, 0.25) is 0 Å². The molecule has 3 atom stereocenters. The molecule has 18 heavy (non-hydrogen) atoms. The average Bonchev–Trinajstić information content (AvgIpc) is 2.69. The summed E-state index contributed by atoms with van der Waals surface area (Å²) in [6, 6.07) is 5.72. The van der Waals surface area contributed by atoms with Crippen LogP contribution in [-0.2, 0) is 0 Å². The van der Waals surface area contributed by atoms with Gasteiger partial charge in [-0.3, -0.25) is 10.1 Å². The van der Waals surface area contributed by atoms with E-state index in [2.05, 4.69) is 17.5 Å². The van der Waals surface area contributed by atoms with Crippen molar-refractivity contribution >= 4 is 11.4 Å². The van der Waals surface area contributed by atoms with Crippen LogP contribution in [0.25, 0.3) is 0 Å². The summed E-state index contributed by atoms with van der Waals surface area (Å²) in [5, 5.41) is 14.4. The minimum atomic E-state index is -0.310. The van der Waals surface area contributed by atoms with Gasteiger partial charge in [0, 0.05) is 18.0 Å². The normalized spacial score (nSPS) is 28.6. The van der Waals surface area contributed by atoms with Crippen molar-refractivity contribution in [3.8, 4) is 0 Å². The molecular weight excluding hydrogens is 228 g/mol. The minimum Gasteiger partial charge on any atom is -0.376 e. The lowest BCUT2D eigenvalue weighted by molar-refractivity contribution is -0.384. The molecule has 0 heterocycles. The second-order valence-electron chi connectivity index (χ2n) is 5.27. The zero-order chi connectivity index (χ0) is 12.7. The lowest BCUT2D eigenvalue weighted by Gasteiger charge is -2.41. The maximum atomic E-state index is 11.0. The third-order valence-electron chi connectivity index (χ3n) is 4.05. The van der Waals surface area contributed by atoms with Gasteiger partial charge in [-0.15, -0.1) is 0 Å². The Labute approximate surface area is 106 Å². The summed E-state index contributed by atoms with van der Waals surface area (Å²) in [4.78, 5) is 10.7. The van der Waals surface area contributed by atoms with Crippen molar-refractivity contribution < 1.29 is 4.92 Å². The van der Waals surface area contributed by atoms with Gasteiger partial charge in [-0.25, -0.2) is 0 Å². The number of rotatable bonds is 3. The first-order valence-electron chi connectivity index (χ1n) is 6.33. The summed E-state index contributed by atoms with van der Waals surface area (Å²) in [5.41, 5.74) is 1.74. The zero-order valence-corrected chi connectivity index (χ0v) is 10.3. The number of nitro groups is 1. The van der Waals surface area contributed by atoms with Crippen molar-refractivity contribution in [3.05, 3.63) is 46.0 Å². The van der Waals surface area contributed by atoms with Crippen molar-refractivity contribution in [1.82, 2.24) is 0 Å². The number of nitrogens with one attached hydrogen (secondary N) is 1. The molecule has 0 aromatic heterocycles. The Morgan fingerprint density at radius 3 is 3.00 bits per heavy atom. The van der Waals surface area contributed by atoms with E-state index in [0.29, 0.717) is 17.6 Å². The fourth-order valence-electron chi connectivity index (χ4n) is 3.00. The van der Waals surface area contributed by atoms with Gasteiger partial charge in [0.25, 0.3) is 5.69 Å². The maximum absolute atomic E-state index is 11.0. The Balaban J connectivity index is 1.80. The van der Waals surface area contributed by atoms with Gasteiger partial charge in [0.15, 0.2) is 0 Å². The molecule has 0 bridgehead atoms. The molecule has 3 unspecified atom stereocenters. The van der Waals surface area contributed by atoms with Crippen molar-refractivity contribution in [1.29, 1.82) is 0 Å². The van der Waals surface area contributed by atoms with Gasteiger partial charge in [-0.2, -0.15) is 0 Å². The predicted molar refractivity (Wildman–Crippen MR) is 70.6 cm³/mol. The third kappa shape index (κ3) is 1.78. The van der Waals surface area contributed by atoms with Gasteiger partial charge >= 0.3 is 0 Å². The van der Waals surface area contributed by atoms with Crippen LogP contribution in [0.1, 0.15) is 18.4 Å². The van der Waals surface area contributed by atoms with Crippen molar-refractivity contribution in [3.63, 3.8) is 0 Å². The molecule has 1 fully saturated rings. The minimum absolute atomic E-state index is 0.181. The Morgan fingerprint density at radius 1 is 1.44 bits per heavy atom. The molecule has 0 aliphatic heterocycles. The highest BCUT2D eigenvalue weighted by Gasteiger charge is 2.41. The fourth-order valence-corrected chi connectivity index (χ4v) is 3.00. The van der Waals surface area contributed by atoms with E-state index < -0.39 is 0 Å². The quantitative estimate of drug-likeness (QED) is 0.504. The van der Waals surface area contributed by atoms with Crippen molar-refractivity contribution in [2.24, 2.45) is 11.8 Å². The largest absolute Gasteiger partial charge is 0.376 e. The molecule has 1 aromatic rings. The Bertz CT molecular complexity index is 525. The molecule has 2 aliphatic carbocycles. The number of aryl methyl sites for hydroxylation is 1. The molecule has 0 radical (unpaired) electrons. The number of nitro benzene ring substituents is 1. The average molecular weight is 244 g/mol. The van der Waals surface area contributed by atoms with Gasteiger partial charge in [-0.05, 0) is 37.3 Å². The molecule has 0 saturated heterocycles. The van der Waals surface area contributed by atoms with E-state index in [9.17, 15) is 10.1 Å². The van der Waals surface area contributed by atoms with Crippen LogP contribution in [0.3, 0.4) is 0 Å². The van der Waals surface area contributed by atoms with Crippen LogP contribution in [0.4, 0.5) is 11.4 Å². The monoisotopic (exact) mass is 244 g/mol. The molecule has 0 amide bonds. The van der Waals surface area contributed by atoms with E-state index in [1.165, 1.54) is 6.42 Å². The van der Waals surface area contributed by atoms with Crippen molar-refractivity contribution in [2.75, 3.05) is 5.32 Å². The van der Waals surface area contributed by atoms with E-state index in [1.54, 1.807) is 6.07 Å². The highest BCUT2D eigenvalue weighted by Crippen LogP contribution is 2.44. The van der Waals surface area contributed by atoms with Gasteiger partial charge in [0.05, 0.1) is 4.92 Å². The standard InChI is InChI=1S/C14H16N2O2/c1-9-5-6-12(14(7-9)16(17)18)15-13-8-10-3-2-4-11(10)13/h2,4-7,10-11,13,15H,3,8H2,1H3.